The van der Waals surface area contributed by atoms with E-state index in [0.717, 1.165) is 10.5 Å². The van der Waals surface area contributed by atoms with Crippen LogP contribution in [0.2, 0.25) is 15.1 Å². The van der Waals surface area contributed by atoms with Crippen molar-refractivity contribution in [2.75, 3.05) is 13.1 Å². The zero-order valence-corrected chi connectivity index (χ0v) is 27.3. The van der Waals surface area contributed by atoms with Crippen molar-refractivity contribution in [1.29, 1.82) is 0 Å². The maximum atomic E-state index is 13.9. The standard InChI is InChI=1S/C25H27Cl3N4O3S.C3H6.C2H6/c1-15(2)30-12-22-31(36-21-9-8-18(27)11-19(21)28)13-25(3,29-14-33)24(35)32(22)20(23(30)34)10-16-4-6-17(26)7-5-16;1-2-3-1;1-2/h4-9,11,14-15,20,22H,10,12-13H2,1-3H3,(H,29,33);1-3H2;1-2H3. The van der Waals surface area contributed by atoms with Crippen LogP contribution in [0.25, 0.3) is 0 Å². The van der Waals surface area contributed by atoms with Crippen LogP contribution in [0.3, 0.4) is 0 Å². The predicted octanol–water partition coefficient (Wildman–Crippen LogP) is 6.69. The van der Waals surface area contributed by atoms with E-state index >= 15 is 0 Å². The van der Waals surface area contributed by atoms with Gasteiger partial charge in [-0.15, -0.1) is 0 Å². The quantitative estimate of drug-likeness (QED) is 0.270. The molecule has 2 aliphatic heterocycles. The molecular weight excluding hydrogens is 603 g/mol. The van der Waals surface area contributed by atoms with Gasteiger partial charge in [0.25, 0.3) is 5.91 Å². The number of hydrogen-bond donors (Lipinski definition) is 1. The summed E-state index contributed by atoms with van der Waals surface area (Å²) in [6.07, 6.45) is 4.91. The highest BCUT2D eigenvalue weighted by atomic mass is 35.5. The molecule has 0 bridgehead atoms. The van der Waals surface area contributed by atoms with Crippen molar-refractivity contribution >= 4 is 65.0 Å². The molecule has 2 aromatic carbocycles. The van der Waals surface area contributed by atoms with E-state index < -0.39 is 17.7 Å². The number of halogens is 3. The van der Waals surface area contributed by atoms with Gasteiger partial charge >= 0.3 is 0 Å². The lowest BCUT2D eigenvalue weighted by molar-refractivity contribution is -0.172. The van der Waals surface area contributed by atoms with Gasteiger partial charge in [0.1, 0.15) is 17.7 Å². The number of amides is 3. The number of fused-ring (bicyclic) bond motifs is 1. The molecule has 41 heavy (non-hydrogen) atoms. The van der Waals surface area contributed by atoms with Crippen molar-refractivity contribution in [3.8, 4) is 0 Å². The number of carbonyl (C=O) groups is 3. The Balaban J connectivity index is 0.000000850. The fourth-order valence-electron chi connectivity index (χ4n) is 4.65. The zero-order chi connectivity index (χ0) is 30.3. The third kappa shape index (κ3) is 8.32. The number of piperazine rings is 1. The second-order valence-corrected chi connectivity index (χ2v) is 12.9. The molecule has 1 aliphatic carbocycles. The van der Waals surface area contributed by atoms with Crippen LogP contribution in [-0.4, -0.2) is 69.2 Å². The fraction of sp³-hybridized carbons (Fsp3) is 0.500. The van der Waals surface area contributed by atoms with E-state index in [1.54, 1.807) is 36.1 Å². The molecule has 1 saturated carbocycles. The number of hydrogen-bond acceptors (Lipinski definition) is 5. The minimum Gasteiger partial charge on any atom is -0.343 e. The Labute approximate surface area is 263 Å². The van der Waals surface area contributed by atoms with Crippen molar-refractivity contribution in [3.63, 3.8) is 0 Å². The molecule has 3 unspecified atom stereocenters. The monoisotopic (exact) mass is 640 g/mol. The lowest BCUT2D eigenvalue weighted by Crippen LogP contribution is -2.77. The summed E-state index contributed by atoms with van der Waals surface area (Å²) in [6.45, 7) is 10.2. The average Bonchev–Trinajstić information content (AvgIpc) is 3.82. The first-order chi connectivity index (χ1) is 19.5. The van der Waals surface area contributed by atoms with E-state index in [1.165, 1.54) is 31.2 Å². The zero-order valence-electron chi connectivity index (χ0n) is 24.2. The smallest absolute Gasteiger partial charge is 0.251 e. The molecule has 3 aliphatic rings. The SMILES string of the molecule is C1CC1.CC.CC(C)N1CC2N(Sc3ccc(Cl)cc3Cl)CC(C)(NC=O)C(=O)N2C(Cc2ccc(Cl)cc2)C1=O. The van der Waals surface area contributed by atoms with Crippen molar-refractivity contribution in [3.05, 3.63) is 63.1 Å². The number of nitrogens with one attached hydrogen (secondary N) is 1. The Kier molecular flexibility index (Phi) is 12.2. The Hall–Kier alpha value is -1.97. The van der Waals surface area contributed by atoms with Gasteiger partial charge in [0.05, 0.1) is 11.6 Å². The van der Waals surface area contributed by atoms with Gasteiger partial charge in [-0.2, -0.15) is 0 Å². The molecule has 2 aromatic rings. The van der Waals surface area contributed by atoms with Gasteiger partial charge in [-0.05, 0) is 68.6 Å². The van der Waals surface area contributed by atoms with E-state index in [4.69, 9.17) is 34.8 Å². The largest absolute Gasteiger partial charge is 0.343 e. The van der Waals surface area contributed by atoms with Crippen LogP contribution in [0, 0.1) is 0 Å². The number of carbonyl (C=O) groups excluding carboxylic acids is 3. The number of rotatable bonds is 7. The molecule has 5 rings (SSSR count). The number of benzene rings is 2. The highest BCUT2D eigenvalue weighted by Gasteiger charge is 2.55. The number of nitrogens with zero attached hydrogens (tertiary/aromatic N) is 3. The highest BCUT2D eigenvalue weighted by Crippen LogP contribution is 2.40. The van der Waals surface area contributed by atoms with Gasteiger partial charge in [-0.1, -0.05) is 80.0 Å². The summed E-state index contributed by atoms with van der Waals surface area (Å²) in [5.74, 6) is -0.427. The van der Waals surface area contributed by atoms with E-state index in [1.807, 2.05) is 55.1 Å². The van der Waals surface area contributed by atoms with Crippen molar-refractivity contribution in [1.82, 2.24) is 19.4 Å². The Bertz CT molecular complexity index is 1210. The molecule has 3 atom stereocenters. The molecule has 224 valence electrons. The van der Waals surface area contributed by atoms with Crippen LogP contribution in [0.1, 0.15) is 59.4 Å². The molecular formula is C30H39Cl3N4O3S. The first-order valence-electron chi connectivity index (χ1n) is 14.0. The van der Waals surface area contributed by atoms with Gasteiger partial charge in [0, 0.05) is 33.9 Å². The molecule has 2 heterocycles. The van der Waals surface area contributed by atoms with Gasteiger partial charge in [-0.25, -0.2) is 4.31 Å². The summed E-state index contributed by atoms with van der Waals surface area (Å²) in [7, 11) is 0. The lowest BCUT2D eigenvalue weighted by Gasteiger charge is -2.56. The first kappa shape index (κ1) is 33.5. The Morgan fingerprint density at radius 3 is 2.17 bits per heavy atom. The van der Waals surface area contributed by atoms with Crippen LogP contribution in [0.5, 0.6) is 0 Å². The second kappa shape index (κ2) is 15.0. The molecule has 0 spiro atoms. The molecule has 7 nitrogen and oxygen atoms in total. The van der Waals surface area contributed by atoms with Crippen LogP contribution in [0.4, 0.5) is 0 Å². The molecule has 0 radical (unpaired) electrons. The van der Waals surface area contributed by atoms with Crippen molar-refractivity contribution in [2.24, 2.45) is 0 Å². The van der Waals surface area contributed by atoms with Crippen LogP contribution in [0.15, 0.2) is 47.4 Å². The minimum atomic E-state index is -1.23. The lowest BCUT2D eigenvalue weighted by atomic mass is 9.91. The summed E-state index contributed by atoms with van der Waals surface area (Å²) < 4.78 is 2.02. The van der Waals surface area contributed by atoms with Gasteiger partial charge in [0.2, 0.25) is 12.3 Å². The van der Waals surface area contributed by atoms with Gasteiger partial charge < -0.3 is 15.1 Å². The van der Waals surface area contributed by atoms with E-state index in [9.17, 15) is 14.4 Å². The molecule has 3 fully saturated rings. The fourth-order valence-corrected chi connectivity index (χ4v) is 6.43. The van der Waals surface area contributed by atoms with E-state index in [0.29, 0.717) is 34.4 Å². The van der Waals surface area contributed by atoms with Gasteiger partial charge in [0.15, 0.2) is 0 Å². The Morgan fingerprint density at radius 2 is 1.63 bits per heavy atom. The highest BCUT2D eigenvalue weighted by molar-refractivity contribution is 7.97. The molecule has 2 saturated heterocycles. The van der Waals surface area contributed by atoms with E-state index in [-0.39, 0.29) is 24.4 Å². The maximum Gasteiger partial charge on any atom is 0.251 e. The van der Waals surface area contributed by atoms with Crippen LogP contribution < -0.4 is 5.32 Å². The first-order valence-corrected chi connectivity index (χ1v) is 15.9. The topological polar surface area (TPSA) is 73.0 Å². The third-order valence-electron chi connectivity index (χ3n) is 6.90. The van der Waals surface area contributed by atoms with Gasteiger partial charge in [-0.3, -0.25) is 14.4 Å². The second-order valence-electron chi connectivity index (χ2n) is 10.5. The summed E-state index contributed by atoms with van der Waals surface area (Å²) in [5.41, 5.74) is -0.353. The molecule has 11 heteroatoms. The normalized spacial score (nSPS) is 23.6. The van der Waals surface area contributed by atoms with E-state index in [2.05, 4.69) is 5.32 Å². The summed E-state index contributed by atoms with van der Waals surface area (Å²) in [5, 5.41) is 4.29. The minimum absolute atomic E-state index is 0.0603. The maximum absolute atomic E-state index is 13.9. The summed E-state index contributed by atoms with van der Waals surface area (Å²) in [6, 6.07) is 11.7. The average molecular weight is 642 g/mol. The van der Waals surface area contributed by atoms with Crippen molar-refractivity contribution in [2.45, 2.75) is 89.0 Å². The van der Waals surface area contributed by atoms with Crippen molar-refractivity contribution < 1.29 is 14.4 Å². The summed E-state index contributed by atoms with van der Waals surface area (Å²) in [4.78, 5) is 43.3. The third-order valence-corrected chi connectivity index (χ3v) is 8.97. The van der Waals surface area contributed by atoms with Crippen LogP contribution in [-0.2, 0) is 20.8 Å². The van der Waals surface area contributed by atoms with Crippen LogP contribution >= 0.6 is 46.8 Å². The Morgan fingerprint density at radius 1 is 1.02 bits per heavy atom. The molecule has 1 N–H and O–H groups in total. The molecule has 0 aromatic heterocycles. The predicted molar refractivity (Wildman–Crippen MR) is 168 cm³/mol. The summed E-state index contributed by atoms with van der Waals surface area (Å²) >= 11 is 20.0. The molecule has 3 amide bonds.